The number of benzene rings is 1. The summed E-state index contributed by atoms with van der Waals surface area (Å²) in [5, 5.41) is 0. The summed E-state index contributed by atoms with van der Waals surface area (Å²) in [5.74, 6) is 0.701. The van der Waals surface area contributed by atoms with Crippen LogP contribution >= 0.6 is 15.9 Å². The van der Waals surface area contributed by atoms with Gasteiger partial charge in [0.2, 0.25) is 0 Å². The first-order valence-electron chi connectivity index (χ1n) is 7.86. The van der Waals surface area contributed by atoms with Crippen LogP contribution in [0.15, 0.2) is 22.7 Å². The molecular weight excluding hydrogens is 312 g/mol. The van der Waals surface area contributed by atoms with Gasteiger partial charge in [-0.25, -0.2) is 0 Å². The van der Waals surface area contributed by atoms with E-state index >= 15 is 0 Å². The molecule has 1 heterocycles. The van der Waals surface area contributed by atoms with Crippen molar-refractivity contribution < 1.29 is 0 Å². The standard InChI is InChI=1S/C17H25BrN2/c1-20-10-6-13(7-11-20)15-5-4-14(12-16(15)18)17(19)8-2-3-9-17/h4-5,12-13H,2-3,6-11,19H2,1H3. The molecule has 1 aromatic rings. The van der Waals surface area contributed by atoms with E-state index in [2.05, 4.69) is 46.1 Å². The Morgan fingerprint density at radius 2 is 1.85 bits per heavy atom. The largest absolute Gasteiger partial charge is 0.321 e. The molecule has 1 aliphatic heterocycles. The molecule has 0 unspecified atom stereocenters. The van der Waals surface area contributed by atoms with Crippen molar-refractivity contribution >= 4 is 15.9 Å². The van der Waals surface area contributed by atoms with Crippen molar-refractivity contribution in [1.82, 2.24) is 4.90 Å². The molecule has 0 spiro atoms. The second-order valence-electron chi connectivity index (χ2n) is 6.68. The number of halogens is 1. The van der Waals surface area contributed by atoms with Gasteiger partial charge in [0.25, 0.3) is 0 Å². The molecule has 2 aliphatic rings. The van der Waals surface area contributed by atoms with Crippen LogP contribution in [0, 0.1) is 0 Å². The molecule has 0 radical (unpaired) electrons. The number of nitrogens with two attached hydrogens (primary N) is 1. The molecule has 20 heavy (non-hydrogen) atoms. The lowest BCUT2D eigenvalue weighted by Crippen LogP contribution is -2.33. The van der Waals surface area contributed by atoms with Crippen molar-refractivity contribution in [2.75, 3.05) is 20.1 Å². The normalized spacial score (nSPS) is 24.1. The van der Waals surface area contributed by atoms with Gasteiger partial charge in [0, 0.05) is 10.0 Å². The Labute approximate surface area is 130 Å². The highest BCUT2D eigenvalue weighted by atomic mass is 79.9. The van der Waals surface area contributed by atoms with Crippen LogP contribution in [0.25, 0.3) is 0 Å². The van der Waals surface area contributed by atoms with Crippen molar-refractivity contribution in [3.63, 3.8) is 0 Å². The summed E-state index contributed by atoms with van der Waals surface area (Å²) in [4.78, 5) is 2.42. The van der Waals surface area contributed by atoms with E-state index < -0.39 is 0 Å². The van der Waals surface area contributed by atoms with E-state index in [1.165, 1.54) is 54.4 Å². The lowest BCUT2D eigenvalue weighted by Gasteiger charge is -2.31. The summed E-state index contributed by atoms with van der Waals surface area (Å²) in [6.07, 6.45) is 7.33. The zero-order chi connectivity index (χ0) is 14.2. The van der Waals surface area contributed by atoms with E-state index in [4.69, 9.17) is 5.73 Å². The Hall–Kier alpha value is -0.380. The molecule has 0 aromatic heterocycles. The van der Waals surface area contributed by atoms with Crippen molar-refractivity contribution in [2.45, 2.75) is 50.0 Å². The number of nitrogens with zero attached hydrogens (tertiary/aromatic N) is 1. The molecule has 2 nitrogen and oxygen atoms in total. The maximum absolute atomic E-state index is 6.57. The van der Waals surface area contributed by atoms with Gasteiger partial charge in [0.05, 0.1) is 0 Å². The zero-order valence-corrected chi connectivity index (χ0v) is 14.0. The lowest BCUT2D eigenvalue weighted by molar-refractivity contribution is 0.255. The highest BCUT2D eigenvalue weighted by Gasteiger charge is 2.32. The molecule has 1 aliphatic carbocycles. The van der Waals surface area contributed by atoms with Crippen molar-refractivity contribution in [1.29, 1.82) is 0 Å². The molecule has 0 atom stereocenters. The highest BCUT2D eigenvalue weighted by Crippen LogP contribution is 2.40. The van der Waals surface area contributed by atoms with Gasteiger partial charge in [0.15, 0.2) is 0 Å². The van der Waals surface area contributed by atoms with Crippen molar-refractivity contribution in [3.05, 3.63) is 33.8 Å². The van der Waals surface area contributed by atoms with Gasteiger partial charge in [-0.2, -0.15) is 0 Å². The molecule has 0 bridgehead atoms. The van der Waals surface area contributed by atoms with Gasteiger partial charge >= 0.3 is 0 Å². The number of piperidine rings is 1. The Kier molecular flexibility index (Phi) is 4.21. The summed E-state index contributed by atoms with van der Waals surface area (Å²) in [6, 6.07) is 6.89. The average Bonchev–Trinajstić information content (AvgIpc) is 2.88. The summed E-state index contributed by atoms with van der Waals surface area (Å²) in [5.41, 5.74) is 9.29. The fourth-order valence-electron chi connectivity index (χ4n) is 3.78. The predicted molar refractivity (Wildman–Crippen MR) is 87.9 cm³/mol. The third-order valence-electron chi connectivity index (χ3n) is 5.23. The zero-order valence-electron chi connectivity index (χ0n) is 12.4. The minimum Gasteiger partial charge on any atom is -0.321 e. The molecule has 3 rings (SSSR count). The van der Waals surface area contributed by atoms with Crippen molar-refractivity contribution in [3.8, 4) is 0 Å². The molecule has 1 saturated carbocycles. The highest BCUT2D eigenvalue weighted by molar-refractivity contribution is 9.10. The maximum Gasteiger partial charge on any atom is 0.0410 e. The first-order valence-corrected chi connectivity index (χ1v) is 8.65. The molecule has 110 valence electrons. The smallest absolute Gasteiger partial charge is 0.0410 e. The number of hydrogen-bond donors (Lipinski definition) is 1. The monoisotopic (exact) mass is 336 g/mol. The summed E-state index contributed by atoms with van der Waals surface area (Å²) in [7, 11) is 2.21. The quantitative estimate of drug-likeness (QED) is 0.884. The summed E-state index contributed by atoms with van der Waals surface area (Å²) < 4.78 is 1.27. The minimum atomic E-state index is -0.0756. The Bertz CT molecular complexity index is 472. The number of hydrogen-bond acceptors (Lipinski definition) is 2. The second-order valence-corrected chi connectivity index (χ2v) is 7.53. The second kappa shape index (κ2) is 5.78. The SMILES string of the molecule is CN1CCC(c2ccc(C3(N)CCCC3)cc2Br)CC1. The van der Waals surface area contributed by atoms with Gasteiger partial charge < -0.3 is 10.6 Å². The van der Waals surface area contributed by atoms with Gasteiger partial charge in [-0.1, -0.05) is 40.9 Å². The van der Waals surface area contributed by atoms with Crippen LogP contribution in [0.3, 0.4) is 0 Å². The third kappa shape index (κ3) is 2.81. The van der Waals surface area contributed by atoms with Crippen LogP contribution in [-0.4, -0.2) is 25.0 Å². The van der Waals surface area contributed by atoms with Crippen molar-refractivity contribution in [2.24, 2.45) is 5.73 Å². The van der Waals surface area contributed by atoms with E-state index in [1.807, 2.05) is 0 Å². The van der Waals surface area contributed by atoms with Crippen LogP contribution in [0.4, 0.5) is 0 Å². The Morgan fingerprint density at radius 3 is 2.45 bits per heavy atom. The van der Waals surface area contributed by atoms with Crippen LogP contribution in [-0.2, 0) is 5.54 Å². The fourth-order valence-corrected chi connectivity index (χ4v) is 4.48. The van der Waals surface area contributed by atoms with E-state index in [9.17, 15) is 0 Å². The first kappa shape index (κ1) is 14.6. The summed E-state index contributed by atoms with van der Waals surface area (Å²) >= 11 is 3.80. The maximum atomic E-state index is 6.57. The molecular formula is C17H25BrN2. The lowest BCUT2D eigenvalue weighted by atomic mass is 9.85. The van der Waals surface area contributed by atoms with Gasteiger partial charge in [-0.3, -0.25) is 0 Å². The fraction of sp³-hybridized carbons (Fsp3) is 0.647. The molecule has 0 amide bonds. The average molecular weight is 337 g/mol. The minimum absolute atomic E-state index is 0.0756. The van der Waals surface area contributed by atoms with E-state index in [0.29, 0.717) is 5.92 Å². The summed E-state index contributed by atoms with van der Waals surface area (Å²) in [6.45, 7) is 2.42. The third-order valence-corrected chi connectivity index (χ3v) is 5.92. The van der Waals surface area contributed by atoms with Crippen LogP contribution < -0.4 is 5.73 Å². The molecule has 2 fully saturated rings. The molecule has 3 heteroatoms. The molecule has 1 aromatic carbocycles. The Balaban J connectivity index is 1.81. The molecule has 2 N–H and O–H groups in total. The van der Waals surface area contributed by atoms with Crippen LogP contribution in [0.2, 0.25) is 0 Å². The van der Waals surface area contributed by atoms with Gasteiger partial charge in [-0.15, -0.1) is 0 Å². The van der Waals surface area contributed by atoms with E-state index in [0.717, 1.165) is 12.8 Å². The van der Waals surface area contributed by atoms with E-state index in [-0.39, 0.29) is 5.54 Å². The van der Waals surface area contributed by atoms with Gasteiger partial charge in [0.1, 0.15) is 0 Å². The number of likely N-dealkylation sites (tertiary alicyclic amines) is 1. The molecule has 1 saturated heterocycles. The topological polar surface area (TPSA) is 29.3 Å². The number of rotatable bonds is 2. The van der Waals surface area contributed by atoms with E-state index in [1.54, 1.807) is 0 Å². The van der Waals surface area contributed by atoms with Crippen LogP contribution in [0.5, 0.6) is 0 Å². The van der Waals surface area contributed by atoms with Crippen LogP contribution in [0.1, 0.15) is 55.6 Å². The first-order chi connectivity index (χ1) is 9.58. The predicted octanol–water partition coefficient (Wildman–Crippen LogP) is 3.99. The Morgan fingerprint density at radius 1 is 1.20 bits per heavy atom. The van der Waals surface area contributed by atoms with Gasteiger partial charge in [-0.05, 0) is 68.9 Å².